The number of aromatic nitrogens is 2. The molecule has 0 bridgehead atoms. The summed E-state index contributed by atoms with van der Waals surface area (Å²) in [6.07, 6.45) is 0. The average Bonchev–Trinajstić information content (AvgIpc) is 2.37. The number of oxime groups is 1. The molecule has 0 aliphatic heterocycles. The Balaban J connectivity index is 3.04. The minimum absolute atomic E-state index is 0.0625. The van der Waals surface area contributed by atoms with Crippen molar-refractivity contribution < 1.29 is 10.0 Å². The summed E-state index contributed by atoms with van der Waals surface area (Å²) < 4.78 is 3.62. The summed E-state index contributed by atoms with van der Waals surface area (Å²) in [5, 5.41) is 11.1. The van der Waals surface area contributed by atoms with Crippen LogP contribution in [-0.4, -0.2) is 26.2 Å². The molecule has 0 radical (unpaired) electrons. The minimum atomic E-state index is -0.907. The van der Waals surface area contributed by atoms with Crippen molar-refractivity contribution >= 4 is 28.3 Å². The fraction of sp³-hybridized carbons (Fsp3) is 0. The van der Waals surface area contributed by atoms with Gasteiger partial charge in [0, 0.05) is 11.5 Å². The first kappa shape index (κ1) is 8.40. The van der Waals surface area contributed by atoms with E-state index in [1.54, 1.807) is 0 Å². The molecule has 0 aliphatic rings. The lowest BCUT2D eigenvalue weighted by Gasteiger charge is -1.90. The molecule has 0 aliphatic carbocycles. The highest BCUT2D eigenvalue weighted by Crippen LogP contribution is 2.06. The van der Waals surface area contributed by atoms with Crippen LogP contribution < -0.4 is 11.5 Å². The molecule has 12 heavy (non-hydrogen) atoms. The Labute approximate surface area is 70.9 Å². The molecule has 5 N–H and O–H groups in total. The number of nitrogens with two attached hydrogens (primary N) is 2. The Kier molecular flexibility index (Phi) is 2.19. The standard InChI is InChI=1S/C4H5N5O2S/c5-2(10)1(8-11)3-7-4(6)12-9-3/h11H,(H2,5,10)(H2,6,7,9)/b8-1+. The number of hydrogen-bond acceptors (Lipinski definition) is 7. The van der Waals surface area contributed by atoms with E-state index in [1.807, 2.05) is 0 Å². The number of primary amides is 1. The number of carbonyl (C=O) groups is 1. The molecule has 1 heterocycles. The molecule has 0 unspecified atom stereocenters. The van der Waals surface area contributed by atoms with Crippen molar-refractivity contribution in [2.45, 2.75) is 0 Å². The van der Waals surface area contributed by atoms with Crippen molar-refractivity contribution in [2.75, 3.05) is 5.73 Å². The van der Waals surface area contributed by atoms with Gasteiger partial charge in [0.15, 0.2) is 5.13 Å². The van der Waals surface area contributed by atoms with Crippen molar-refractivity contribution in [1.29, 1.82) is 0 Å². The van der Waals surface area contributed by atoms with Crippen molar-refractivity contribution in [1.82, 2.24) is 9.36 Å². The number of carbonyl (C=O) groups excluding carboxylic acids is 1. The summed E-state index contributed by atoms with van der Waals surface area (Å²) in [5.74, 6) is -0.970. The molecule has 0 fully saturated rings. The quantitative estimate of drug-likeness (QED) is 0.304. The van der Waals surface area contributed by atoms with Gasteiger partial charge in [-0.15, -0.1) is 0 Å². The highest BCUT2D eigenvalue weighted by atomic mass is 32.1. The Hall–Kier alpha value is -1.70. The predicted molar refractivity (Wildman–Crippen MR) is 41.8 cm³/mol. The fourth-order valence-electron chi connectivity index (χ4n) is 0.536. The van der Waals surface area contributed by atoms with Gasteiger partial charge in [-0.25, -0.2) is 0 Å². The summed E-state index contributed by atoms with van der Waals surface area (Å²) in [7, 11) is 0. The molecule has 1 aromatic heterocycles. The second-order valence-corrected chi connectivity index (χ2v) is 2.55. The normalized spacial score (nSPS) is 11.5. The molecule has 0 saturated heterocycles. The van der Waals surface area contributed by atoms with Crippen molar-refractivity contribution in [3.63, 3.8) is 0 Å². The number of anilines is 1. The highest BCUT2D eigenvalue weighted by Gasteiger charge is 2.15. The van der Waals surface area contributed by atoms with Crippen LogP contribution in [0.1, 0.15) is 5.82 Å². The molecule has 1 rings (SSSR count). The monoisotopic (exact) mass is 187 g/mol. The van der Waals surface area contributed by atoms with Crippen LogP contribution in [0.15, 0.2) is 5.16 Å². The van der Waals surface area contributed by atoms with Crippen molar-refractivity contribution in [2.24, 2.45) is 10.9 Å². The summed E-state index contributed by atoms with van der Waals surface area (Å²) in [6.45, 7) is 0. The van der Waals surface area contributed by atoms with E-state index in [0.717, 1.165) is 11.5 Å². The van der Waals surface area contributed by atoms with Crippen LogP contribution in [0.2, 0.25) is 0 Å². The van der Waals surface area contributed by atoms with E-state index in [-0.39, 0.29) is 11.0 Å². The maximum Gasteiger partial charge on any atom is 0.274 e. The van der Waals surface area contributed by atoms with E-state index >= 15 is 0 Å². The van der Waals surface area contributed by atoms with E-state index < -0.39 is 11.6 Å². The molecule has 0 aromatic carbocycles. The van der Waals surface area contributed by atoms with Gasteiger partial charge in [0.1, 0.15) is 0 Å². The van der Waals surface area contributed by atoms with Crippen LogP contribution in [0.3, 0.4) is 0 Å². The Morgan fingerprint density at radius 2 is 2.33 bits per heavy atom. The van der Waals surface area contributed by atoms with Crippen LogP contribution in [0.5, 0.6) is 0 Å². The largest absolute Gasteiger partial charge is 0.410 e. The lowest BCUT2D eigenvalue weighted by Crippen LogP contribution is -2.25. The van der Waals surface area contributed by atoms with Gasteiger partial charge in [-0.2, -0.15) is 9.36 Å². The number of amides is 1. The number of hydrogen-bond donors (Lipinski definition) is 3. The van der Waals surface area contributed by atoms with E-state index in [9.17, 15) is 4.79 Å². The topological polar surface area (TPSA) is 127 Å². The van der Waals surface area contributed by atoms with Crippen LogP contribution in [0.25, 0.3) is 0 Å². The summed E-state index contributed by atoms with van der Waals surface area (Å²) in [4.78, 5) is 14.2. The smallest absolute Gasteiger partial charge is 0.274 e. The molecule has 0 saturated carbocycles. The van der Waals surface area contributed by atoms with Gasteiger partial charge in [-0.3, -0.25) is 4.79 Å². The first-order valence-corrected chi connectivity index (χ1v) is 3.54. The van der Waals surface area contributed by atoms with Gasteiger partial charge in [-0.05, 0) is 0 Å². The lowest BCUT2D eigenvalue weighted by molar-refractivity contribution is -0.112. The van der Waals surface area contributed by atoms with Gasteiger partial charge in [-0.1, -0.05) is 5.16 Å². The van der Waals surface area contributed by atoms with Gasteiger partial charge in [0.2, 0.25) is 11.5 Å². The van der Waals surface area contributed by atoms with Gasteiger partial charge >= 0.3 is 0 Å². The molecule has 8 heteroatoms. The number of nitrogen functional groups attached to an aromatic ring is 1. The molecule has 7 nitrogen and oxygen atoms in total. The third kappa shape index (κ3) is 1.48. The van der Waals surface area contributed by atoms with Gasteiger partial charge < -0.3 is 16.7 Å². The maximum atomic E-state index is 10.6. The summed E-state index contributed by atoms with van der Waals surface area (Å²) >= 11 is 0.882. The Bertz CT molecular complexity index is 332. The average molecular weight is 187 g/mol. The zero-order valence-electron chi connectivity index (χ0n) is 5.76. The molecule has 64 valence electrons. The highest BCUT2D eigenvalue weighted by molar-refractivity contribution is 7.09. The molecular weight excluding hydrogens is 182 g/mol. The van der Waals surface area contributed by atoms with Crippen LogP contribution in [-0.2, 0) is 4.79 Å². The first-order chi connectivity index (χ1) is 5.65. The third-order valence-electron chi connectivity index (χ3n) is 0.987. The van der Waals surface area contributed by atoms with Gasteiger partial charge in [0.05, 0.1) is 0 Å². The van der Waals surface area contributed by atoms with Crippen LogP contribution in [0, 0.1) is 0 Å². The van der Waals surface area contributed by atoms with E-state index in [0.29, 0.717) is 0 Å². The summed E-state index contributed by atoms with van der Waals surface area (Å²) in [6, 6.07) is 0. The summed E-state index contributed by atoms with van der Waals surface area (Å²) in [5.41, 5.74) is 9.67. The molecule has 1 aromatic rings. The van der Waals surface area contributed by atoms with Crippen molar-refractivity contribution in [3.05, 3.63) is 5.82 Å². The lowest BCUT2D eigenvalue weighted by atomic mass is 10.3. The molecule has 1 amide bonds. The molecular formula is C4H5N5O2S. The second kappa shape index (κ2) is 3.13. The van der Waals surface area contributed by atoms with Gasteiger partial charge in [0.25, 0.3) is 5.91 Å². The third-order valence-corrected chi connectivity index (χ3v) is 1.53. The zero-order chi connectivity index (χ0) is 9.14. The van der Waals surface area contributed by atoms with Crippen LogP contribution in [0.4, 0.5) is 5.13 Å². The first-order valence-electron chi connectivity index (χ1n) is 2.76. The maximum absolute atomic E-state index is 10.6. The van der Waals surface area contributed by atoms with E-state index in [1.165, 1.54) is 0 Å². The minimum Gasteiger partial charge on any atom is -0.410 e. The zero-order valence-corrected chi connectivity index (χ0v) is 6.58. The second-order valence-electron chi connectivity index (χ2n) is 1.77. The Morgan fingerprint density at radius 3 is 2.67 bits per heavy atom. The van der Waals surface area contributed by atoms with Crippen LogP contribution >= 0.6 is 11.5 Å². The SMILES string of the molecule is NC(=O)/C(=N\O)c1nsc(N)n1. The van der Waals surface area contributed by atoms with E-state index in [4.69, 9.17) is 16.7 Å². The van der Waals surface area contributed by atoms with E-state index in [2.05, 4.69) is 14.5 Å². The fourth-order valence-corrected chi connectivity index (χ4v) is 0.970. The predicted octanol–water partition coefficient (Wildman–Crippen LogP) is -1.22. The Morgan fingerprint density at radius 1 is 1.67 bits per heavy atom. The molecule has 0 atom stereocenters. The number of nitrogens with zero attached hydrogens (tertiary/aromatic N) is 3. The number of rotatable bonds is 2. The molecule has 0 spiro atoms. The van der Waals surface area contributed by atoms with Crippen molar-refractivity contribution in [3.8, 4) is 0 Å².